The van der Waals surface area contributed by atoms with Crippen molar-refractivity contribution in [2.24, 2.45) is 0 Å². The highest BCUT2D eigenvalue weighted by atomic mass is 35.5. The van der Waals surface area contributed by atoms with E-state index in [1.807, 2.05) is 42.5 Å². The number of carbonyl (C=O) groups is 1. The van der Waals surface area contributed by atoms with E-state index >= 15 is 0 Å². The number of hydrogen-bond acceptors (Lipinski definition) is 7. The average molecular weight is 535 g/mol. The second kappa shape index (κ2) is 12.9. The molecule has 6 nitrogen and oxygen atoms in total. The monoisotopic (exact) mass is 534 g/mol. The Morgan fingerprint density at radius 1 is 0.943 bits per heavy atom. The van der Waals surface area contributed by atoms with E-state index in [1.165, 1.54) is 17.7 Å². The van der Waals surface area contributed by atoms with Crippen LogP contribution < -0.4 is 13.7 Å². The van der Waals surface area contributed by atoms with Crippen LogP contribution in [0.3, 0.4) is 0 Å². The Bertz CT molecular complexity index is 1230. The second-order valence-electron chi connectivity index (χ2n) is 7.65. The zero-order chi connectivity index (χ0) is 25.3. The highest BCUT2D eigenvalue weighted by molar-refractivity contribution is 7.99. The number of benzene rings is 3. The lowest BCUT2D eigenvalue weighted by Gasteiger charge is -2.15. The molecule has 0 amide bonds. The third-order valence-corrected chi connectivity index (χ3v) is 6.63. The average Bonchev–Trinajstić information content (AvgIpc) is 2.82. The van der Waals surface area contributed by atoms with Crippen molar-refractivity contribution >= 4 is 39.5 Å². The number of esters is 1. The molecule has 0 aliphatic rings. The first kappa shape index (κ1) is 26.9. The molecule has 9 heteroatoms. The topological polar surface area (TPSA) is 78.9 Å². The molecule has 0 fully saturated rings. The largest absolute Gasteiger partial charge is 0.493 e. The van der Waals surface area contributed by atoms with Crippen molar-refractivity contribution in [3.8, 4) is 17.2 Å². The molecule has 3 aromatic carbocycles. The van der Waals surface area contributed by atoms with Crippen molar-refractivity contribution in [3.63, 3.8) is 0 Å². The zero-order valence-electron chi connectivity index (χ0n) is 19.5. The van der Waals surface area contributed by atoms with Crippen molar-refractivity contribution in [1.82, 2.24) is 0 Å². The Kier molecular flexibility index (Phi) is 9.89. The number of ether oxygens (including phenoxy) is 2. The Morgan fingerprint density at radius 3 is 2.29 bits per heavy atom. The predicted octanol–water partition coefficient (Wildman–Crippen LogP) is 5.95. The van der Waals surface area contributed by atoms with E-state index in [2.05, 4.69) is 0 Å². The summed E-state index contributed by atoms with van der Waals surface area (Å²) in [7, 11) is -3.58. The van der Waals surface area contributed by atoms with Crippen LogP contribution in [0.15, 0.2) is 71.6 Å². The van der Waals surface area contributed by atoms with Gasteiger partial charge in [-0.1, -0.05) is 42.8 Å². The van der Waals surface area contributed by atoms with Crippen molar-refractivity contribution in [3.05, 3.63) is 82.9 Å². The lowest BCUT2D eigenvalue weighted by molar-refractivity contribution is -0.134. The van der Waals surface area contributed by atoms with Crippen LogP contribution in [0.4, 0.5) is 0 Å². The van der Waals surface area contributed by atoms with E-state index < -0.39 is 10.1 Å². The van der Waals surface area contributed by atoms with Gasteiger partial charge in [0.2, 0.25) is 0 Å². The quantitative estimate of drug-likeness (QED) is 0.123. The molecule has 35 heavy (non-hydrogen) atoms. The molecule has 0 aliphatic heterocycles. The Labute approximate surface area is 215 Å². The van der Waals surface area contributed by atoms with Crippen molar-refractivity contribution < 1.29 is 26.9 Å². The number of aryl methyl sites for hydroxylation is 1. The SMILES string of the molecule is CCC(=O)Oc1c(CCOc2ccc(OS(C)(=O)=O)cc2)cccc1SCCc1ccc(Cl)cc1. The molecule has 0 bridgehead atoms. The maximum Gasteiger partial charge on any atom is 0.310 e. The third-order valence-electron chi connectivity index (χ3n) is 4.84. The van der Waals surface area contributed by atoms with Crippen LogP contribution in [0.25, 0.3) is 0 Å². The molecular formula is C26H27ClO6S2. The summed E-state index contributed by atoms with van der Waals surface area (Å²) in [6.07, 6.45) is 2.65. The van der Waals surface area contributed by atoms with Gasteiger partial charge in [-0.25, -0.2) is 0 Å². The standard InChI is InChI=1S/C26H27ClO6S2/c1-3-25(28)32-26-20(15-17-31-22-11-13-23(14-12-22)33-35(2,29)30)5-4-6-24(26)34-18-16-19-7-9-21(27)10-8-19/h4-14H,3,15-18H2,1-2H3. The number of thioether (sulfide) groups is 1. The molecule has 0 heterocycles. The Morgan fingerprint density at radius 2 is 1.63 bits per heavy atom. The normalized spacial score (nSPS) is 11.2. The molecule has 3 aromatic rings. The molecule has 0 saturated carbocycles. The first-order valence-corrected chi connectivity index (χ1v) is 14.2. The number of hydrogen-bond donors (Lipinski definition) is 0. The Balaban J connectivity index is 1.64. The third kappa shape index (κ3) is 9.12. The summed E-state index contributed by atoms with van der Waals surface area (Å²) >= 11 is 7.60. The zero-order valence-corrected chi connectivity index (χ0v) is 21.9. The van der Waals surface area contributed by atoms with E-state index in [-0.39, 0.29) is 18.1 Å². The summed E-state index contributed by atoms with van der Waals surface area (Å²) in [6, 6.07) is 19.9. The fraction of sp³-hybridized carbons (Fsp3) is 0.269. The molecule has 186 valence electrons. The molecule has 0 spiro atoms. The predicted molar refractivity (Wildman–Crippen MR) is 139 cm³/mol. The number of para-hydroxylation sites is 1. The minimum absolute atomic E-state index is 0.219. The van der Waals surface area contributed by atoms with Gasteiger partial charge in [0.1, 0.15) is 17.2 Å². The first-order chi connectivity index (χ1) is 16.7. The van der Waals surface area contributed by atoms with Gasteiger partial charge < -0.3 is 13.7 Å². The molecule has 3 rings (SSSR count). The van der Waals surface area contributed by atoms with Crippen molar-refractivity contribution in [2.45, 2.75) is 31.1 Å². The number of carbonyl (C=O) groups excluding carboxylic acids is 1. The molecule has 0 aromatic heterocycles. The molecular weight excluding hydrogens is 508 g/mol. The van der Waals surface area contributed by atoms with Gasteiger partial charge in [-0.2, -0.15) is 8.42 Å². The van der Waals surface area contributed by atoms with Crippen LogP contribution in [0.5, 0.6) is 17.2 Å². The summed E-state index contributed by atoms with van der Waals surface area (Å²) in [5.41, 5.74) is 2.06. The van der Waals surface area contributed by atoms with Crippen LogP contribution in [-0.2, 0) is 27.8 Å². The van der Waals surface area contributed by atoms with Gasteiger partial charge in [-0.05, 0) is 60.0 Å². The van der Waals surface area contributed by atoms with Crippen LogP contribution in [0.2, 0.25) is 5.02 Å². The molecule has 0 N–H and O–H groups in total. The van der Waals surface area contributed by atoms with Crippen LogP contribution in [0.1, 0.15) is 24.5 Å². The lowest BCUT2D eigenvalue weighted by atomic mass is 10.1. The smallest absolute Gasteiger partial charge is 0.310 e. The van der Waals surface area contributed by atoms with Crippen molar-refractivity contribution in [1.29, 1.82) is 0 Å². The highest BCUT2D eigenvalue weighted by Gasteiger charge is 2.14. The van der Waals surface area contributed by atoms with Gasteiger partial charge >= 0.3 is 16.1 Å². The maximum atomic E-state index is 12.1. The maximum absolute atomic E-state index is 12.1. The summed E-state index contributed by atoms with van der Waals surface area (Å²) in [5.74, 6) is 1.89. The van der Waals surface area contributed by atoms with Crippen LogP contribution in [-0.4, -0.2) is 33.0 Å². The van der Waals surface area contributed by atoms with Crippen LogP contribution in [0, 0.1) is 0 Å². The van der Waals surface area contributed by atoms with E-state index in [0.717, 1.165) is 28.9 Å². The molecule has 0 atom stereocenters. The second-order valence-corrected chi connectivity index (χ2v) is 10.8. The summed E-state index contributed by atoms with van der Waals surface area (Å²) in [5, 5.41) is 0.711. The lowest BCUT2D eigenvalue weighted by Crippen LogP contribution is -2.10. The Hall–Kier alpha value is -2.68. The molecule has 0 aliphatic carbocycles. The molecule has 0 unspecified atom stereocenters. The first-order valence-electron chi connectivity index (χ1n) is 11.1. The number of rotatable bonds is 12. The van der Waals surface area contributed by atoms with Gasteiger partial charge in [0.05, 0.1) is 17.8 Å². The minimum Gasteiger partial charge on any atom is -0.493 e. The van der Waals surface area contributed by atoms with E-state index in [4.69, 9.17) is 25.3 Å². The fourth-order valence-electron chi connectivity index (χ4n) is 3.15. The minimum atomic E-state index is -3.58. The van der Waals surface area contributed by atoms with E-state index in [1.54, 1.807) is 30.8 Å². The van der Waals surface area contributed by atoms with Gasteiger partial charge in [0.25, 0.3) is 0 Å². The van der Waals surface area contributed by atoms with E-state index in [0.29, 0.717) is 29.5 Å². The molecule has 0 radical (unpaired) electrons. The summed E-state index contributed by atoms with van der Waals surface area (Å²) in [4.78, 5) is 13.0. The van der Waals surface area contributed by atoms with Gasteiger partial charge in [0.15, 0.2) is 0 Å². The summed E-state index contributed by atoms with van der Waals surface area (Å²) < 4.78 is 38.8. The van der Waals surface area contributed by atoms with Gasteiger partial charge in [-0.15, -0.1) is 11.8 Å². The highest BCUT2D eigenvalue weighted by Crippen LogP contribution is 2.34. The van der Waals surface area contributed by atoms with Crippen molar-refractivity contribution in [2.75, 3.05) is 18.6 Å². The van der Waals surface area contributed by atoms with Gasteiger partial charge in [0, 0.05) is 23.6 Å². The van der Waals surface area contributed by atoms with Crippen LogP contribution >= 0.6 is 23.4 Å². The summed E-state index contributed by atoms with van der Waals surface area (Å²) in [6.45, 7) is 2.11. The fourth-order valence-corrected chi connectivity index (χ4v) is 4.77. The van der Waals surface area contributed by atoms with Gasteiger partial charge in [-0.3, -0.25) is 4.79 Å². The molecule has 0 saturated heterocycles. The van der Waals surface area contributed by atoms with E-state index in [9.17, 15) is 13.2 Å². The number of halogens is 1.